The van der Waals surface area contributed by atoms with Gasteiger partial charge in [-0.15, -0.1) is 0 Å². The fourth-order valence-corrected chi connectivity index (χ4v) is 2.91. The minimum Gasteiger partial charge on any atom is -0.358 e. The second kappa shape index (κ2) is 7.99. The highest BCUT2D eigenvalue weighted by Crippen LogP contribution is 2.14. The first-order chi connectivity index (χ1) is 12.5. The van der Waals surface area contributed by atoms with Crippen LogP contribution >= 0.6 is 0 Å². The Hall–Kier alpha value is -2.89. The molecule has 2 amide bonds. The molecule has 1 aliphatic rings. The second-order valence-electron chi connectivity index (χ2n) is 6.63. The number of hydrogen-bond acceptors (Lipinski definition) is 4. The van der Waals surface area contributed by atoms with Crippen LogP contribution in [0.3, 0.4) is 0 Å². The molecule has 0 radical (unpaired) electrons. The van der Waals surface area contributed by atoms with E-state index in [0.29, 0.717) is 25.1 Å². The number of nitrogens with zero attached hydrogens (tertiary/aromatic N) is 3. The third kappa shape index (κ3) is 4.39. The number of nitrogens with one attached hydrogen (secondary N) is 1. The quantitative estimate of drug-likeness (QED) is 0.868. The SMILES string of the molecule is Cc1ccc(NC(=O)c2ccc(N(C)CCN3CCCC3=O)nc2)cc1. The fraction of sp³-hybridized carbons (Fsp3) is 0.350. The summed E-state index contributed by atoms with van der Waals surface area (Å²) in [7, 11) is 1.94. The topological polar surface area (TPSA) is 65.5 Å². The van der Waals surface area contributed by atoms with Gasteiger partial charge in [0, 0.05) is 45.0 Å². The number of anilines is 2. The molecule has 0 aliphatic carbocycles. The highest BCUT2D eigenvalue weighted by Gasteiger charge is 2.20. The molecule has 1 N–H and O–H groups in total. The molecule has 0 saturated carbocycles. The smallest absolute Gasteiger partial charge is 0.257 e. The molecule has 0 spiro atoms. The number of rotatable bonds is 6. The number of pyridine rings is 1. The number of hydrogen-bond donors (Lipinski definition) is 1. The highest BCUT2D eigenvalue weighted by molar-refractivity contribution is 6.04. The van der Waals surface area contributed by atoms with Gasteiger partial charge in [-0.2, -0.15) is 0 Å². The zero-order valence-electron chi connectivity index (χ0n) is 15.2. The van der Waals surface area contributed by atoms with Crippen molar-refractivity contribution in [1.29, 1.82) is 0 Å². The molecule has 1 aliphatic heterocycles. The van der Waals surface area contributed by atoms with Gasteiger partial charge >= 0.3 is 0 Å². The van der Waals surface area contributed by atoms with E-state index >= 15 is 0 Å². The van der Waals surface area contributed by atoms with Gasteiger partial charge in [0.15, 0.2) is 0 Å². The number of carbonyl (C=O) groups excluding carboxylic acids is 2. The standard InChI is InChI=1S/C20H24N4O2/c1-15-5-8-17(9-6-15)22-20(26)16-7-10-18(21-14-16)23(2)12-13-24-11-3-4-19(24)25/h5-10,14H,3-4,11-13H2,1-2H3,(H,22,26). The van der Waals surface area contributed by atoms with Gasteiger partial charge < -0.3 is 15.1 Å². The first-order valence-electron chi connectivity index (χ1n) is 8.86. The van der Waals surface area contributed by atoms with Crippen molar-refractivity contribution < 1.29 is 9.59 Å². The lowest BCUT2D eigenvalue weighted by Gasteiger charge is -2.22. The molecule has 0 unspecified atom stereocenters. The summed E-state index contributed by atoms with van der Waals surface area (Å²) in [4.78, 5) is 32.2. The van der Waals surface area contributed by atoms with E-state index < -0.39 is 0 Å². The lowest BCUT2D eigenvalue weighted by Crippen LogP contribution is -2.34. The van der Waals surface area contributed by atoms with E-state index in [4.69, 9.17) is 0 Å². The van der Waals surface area contributed by atoms with E-state index in [9.17, 15) is 9.59 Å². The first kappa shape index (κ1) is 17.9. The van der Waals surface area contributed by atoms with E-state index in [2.05, 4.69) is 10.3 Å². The predicted octanol–water partition coefficient (Wildman–Crippen LogP) is 2.70. The molecule has 26 heavy (non-hydrogen) atoms. The highest BCUT2D eigenvalue weighted by atomic mass is 16.2. The van der Waals surface area contributed by atoms with Gasteiger partial charge in [-0.1, -0.05) is 17.7 Å². The van der Waals surface area contributed by atoms with Gasteiger partial charge in [0.25, 0.3) is 5.91 Å². The summed E-state index contributed by atoms with van der Waals surface area (Å²) in [6, 6.07) is 11.3. The molecule has 6 nitrogen and oxygen atoms in total. The van der Waals surface area contributed by atoms with E-state index in [1.54, 1.807) is 12.3 Å². The van der Waals surface area contributed by atoms with Crippen molar-refractivity contribution in [3.63, 3.8) is 0 Å². The maximum absolute atomic E-state index is 12.3. The summed E-state index contributed by atoms with van der Waals surface area (Å²) < 4.78 is 0. The number of likely N-dealkylation sites (N-methyl/N-ethyl adjacent to an activating group) is 1. The lowest BCUT2D eigenvalue weighted by molar-refractivity contribution is -0.127. The second-order valence-corrected chi connectivity index (χ2v) is 6.63. The van der Waals surface area contributed by atoms with Gasteiger partial charge in [-0.3, -0.25) is 9.59 Å². The first-order valence-corrected chi connectivity index (χ1v) is 8.86. The summed E-state index contributed by atoms with van der Waals surface area (Å²) in [5.74, 6) is 0.830. The third-order valence-corrected chi connectivity index (χ3v) is 4.59. The maximum atomic E-state index is 12.3. The Balaban J connectivity index is 1.55. The summed E-state index contributed by atoms with van der Waals surface area (Å²) in [5, 5.41) is 2.86. The van der Waals surface area contributed by atoms with E-state index in [1.807, 2.05) is 54.1 Å². The van der Waals surface area contributed by atoms with Crippen LogP contribution in [-0.4, -0.2) is 48.4 Å². The number of likely N-dealkylation sites (tertiary alicyclic amines) is 1. The van der Waals surface area contributed by atoms with Crippen molar-refractivity contribution in [2.24, 2.45) is 0 Å². The molecule has 0 atom stereocenters. The summed E-state index contributed by atoms with van der Waals surface area (Å²) in [6.45, 7) is 4.27. The van der Waals surface area contributed by atoms with Crippen molar-refractivity contribution in [2.45, 2.75) is 19.8 Å². The van der Waals surface area contributed by atoms with Gasteiger partial charge in [0.05, 0.1) is 5.56 Å². The minimum atomic E-state index is -0.182. The Kier molecular flexibility index (Phi) is 5.51. The van der Waals surface area contributed by atoms with E-state index in [-0.39, 0.29) is 11.8 Å². The zero-order valence-corrected chi connectivity index (χ0v) is 15.2. The molecular formula is C20H24N4O2. The summed E-state index contributed by atoms with van der Waals surface area (Å²) >= 11 is 0. The van der Waals surface area contributed by atoms with Crippen molar-refractivity contribution in [2.75, 3.05) is 36.9 Å². The zero-order chi connectivity index (χ0) is 18.5. The number of amides is 2. The average molecular weight is 352 g/mol. The molecule has 6 heteroatoms. The Morgan fingerprint density at radius 1 is 1.23 bits per heavy atom. The molecule has 1 fully saturated rings. The monoisotopic (exact) mass is 352 g/mol. The van der Waals surface area contributed by atoms with Crippen LogP contribution in [0.5, 0.6) is 0 Å². The normalized spacial score (nSPS) is 13.8. The average Bonchev–Trinajstić information content (AvgIpc) is 3.06. The molecule has 2 heterocycles. The Morgan fingerprint density at radius 2 is 2.00 bits per heavy atom. The Bertz CT molecular complexity index is 771. The third-order valence-electron chi connectivity index (χ3n) is 4.59. The van der Waals surface area contributed by atoms with Gasteiger partial charge in [0.2, 0.25) is 5.91 Å². The molecule has 1 aromatic heterocycles. The van der Waals surface area contributed by atoms with Crippen molar-refractivity contribution >= 4 is 23.3 Å². The molecular weight excluding hydrogens is 328 g/mol. The maximum Gasteiger partial charge on any atom is 0.257 e. The van der Waals surface area contributed by atoms with E-state index in [0.717, 1.165) is 30.0 Å². The van der Waals surface area contributed by atoms with Gasteiger partial charge in [-0.05, 0) is 37.6 Å². The summed E-state index contributed by atoms with van der Waals surface area (Å²) in [5.41, 5.74) is 2.42. The van der Waals surface area contributed by atoms with Crippen LogP contribution in [0.4, 0.5) is 11.5 Å². The molecule has 3 rings (SSSR count). The van der Waals surface area contributed by atoms with Crippen LogP contribution in [0, 0.1) is 6.92 Å². The molecule has 1 saturated heterocycles. The van der Waals surface area contributed by atoms with Crippen LogP contribution < -0.4 is 10.2 Å². The molecule has 0 bridgehead atoms. The largest absolute Gasteiger partial charge is 0.358 e. The van der Waals surface area contributed by atoms with Crippen molar-refractivity contribution in [3.05, 3.63) is 53.7 Å². The Morgan fingerprint density at radius 3 is 2.62 bits per heavy atom. The van der Waals surface area contributed by atoms with Gasteiger partial charge in [-0.25, -0.2) is 4.98 Å². The van der Waals surface area contributed by atoms with Crippen molar-refractivity contribution in [3.8, 4) is 0 Å². The molecule has 1 aromatic carbocycles. The number of aryl methyl sites for hydroxylation is 1. The van der Waals surface area contributed by atoms with Crippen LogP contribution in [0.25, 0.3) is 0 Å². The molecule has 136 valence electrons. The van der Waals surface area contributed by atoms with Crippen LogP contribution in [-0.2, 0) is 4.79 Å². The van der Waals surface area contributed by atoms with Gasteiger partial charge in [0.1, 0.15) is 5.82 Å². The number of benzene rings is 1. The van der Waals surface area contributed by atoms with Crippen molar-refractivity contribution in [1.82, 2.24) is 9.88 Å². The van der Waals surface area contributed by atoms with E-state index in [1.165, 1.54) is 0 Å². The fourth-order valence-electron chi connectivity index (χ4n) is 2.91. The number of carbonyl (C=O) groups is 2. The van der Waals surface area contributed by atoms with Crippen LogP contribution in [0.1, 0.15) is 28.8 Å². The summed E-state index contributed by atoms with van der Waals surface area (Å²) in [6.07, 6.45) is 3.19. The predicted molar refractivity (Wildman–Crippen MR) is 102 cm³/mol. The Labute approximate surface area is 153 Å². The van der Waals surface area contributed by atoms with Crippen LogP contribution in [0.2, 0.25) is 0 Å². The number of aromatic nitrogens is 1. The van der Waals surface area contributed by atoms with Crippen LogP contribution in [0.15, 0.2) is 42.6 Å². The lowest BCUT2D eigenvalue weighted by atomic mass is 10.2. The minimum absolute atomic E-state index is 0.182. The molecule has 2 aromatic rings.